The van der Waals surface area contributed by atoms with Crippen LogP contribution < -0.4 is 30.3 Å². The monoisotopic (exact) mass is 1290 g/mol. The van der Waals surface area contributed by atoms with Crippen molar-refractivity contribution in [3.05, 3.63) is 71.8 Å². The van der Waals surface area contributed by atoms with Crippen LogP contribution in [0.4, 0.5) is 20.9 Å². The molecule has 10 rings (SSSR count). The van der Waals surface area contributed by atoms with E-state index in [4.69, 9.17) is 84.8 Å². The Morgan fingerprint density at radius 3 is 1.44 bits per heavy atom. The van der Waals surface area contributed by atoms with Gasteiger partial charge in [-0.25, -0.2) is 4.79 Å². The summed E-state index contributed by atoms with van der Waals surface area (Å²) in [5, 5.41) is 38.4. The van der Waals surface area contributed by atoms with Gasteiger partial charge in [0.15, 0.2) is 0 Å². The van der Waals surface area contributed by atoms with Crippen molar-refractivity contribution in [1.82, 2.24) is 15.1 Å². The molecule has 0 aromatic heterocycles. The highest BCUT2D eigenvalue weighted by atomic mass is 35.6. The third-order valence-corrected chi connectivity index (χ3v) is 18.3. The van der Waals surface area contributed by atoms with E-state index >= 15 is 0 Å². The molecule has 81 heavy (non-hydrogen) atoms. The maximum absolute atomic E-state index is 12.5. The Kier molecular flexibility index (Phi) is 23.1. The van der Waals surface area contributed by atoms with Crippen LogP contribution in [0.2, 0.25) is 0 Å². The molecular formula is C54H73BCl8FN6O11. The van der Waals surface area contributed by atoms with E-state index in [9.17, 15) is 34.5 Å². The molecule has 17 nitrogen and oxygen atoms in total. The van der Waals surface area contributed by atoms with E-state index in [2.05, 4.69) is 140 Å². The smallest absolute Gasteiger partial charge is 0.497 e. The zero-order valence-electron chi connectivity index (χ0n) is 46.8. The lowest BCUT2D eigenvalue weighted by Crippen LogP contribution is -2.80. The first-order valence-corrected chi connectivity index (χ1v) is 28.9. The van der Waals surface area contributed by atoms with Gasteiger partial charge < -0.3 is 55.1 Å². The van der Waals surface area contributed by atoms with E-state index in [1.807, 2.05) is 13.1 Å². The number of hydrogen-bond donors (Lipinski definition) is 5. The molecule has 2 spiro atoms. The van der Waals surface area contributed by atoms with Crippen molar-refractivity contribution in [3.63, 3.8) is 0 Å². The normalized spacial score (nSPS) is 33.0. The van der Waals surface area contributed by atoms with Crippen molar-refractivity contribution in [2.45, 2.75) is 127 Å². The van der Waals surface area contributed by atoms with Gasteiger partial charge in [-0.15, -0.1) is 0 Å². The number of carbonyl (C=O) groups excluding carboxylic acids is 4. The molecule has 0 unspecified atom stereocenters. The number of anilines is 2. The quantitative estimate of drug-likeness (QED) is 0.0580. The van der Waals surface area contributed by atoms with Crippen LogP contribution in [0.25, 0.3) is 0 Å². The number of nitrogens with two attached hydrogens (primary N) is 1. The van der Waals surface area contributed by atoms with Crippen molar-refractivity contribution >= 4 is 135 Å². The summed E-state index contributed by atoms with van der Waals surface area (Å²) in [6.07, 6.45) is 10.4. The molecule has 2 aromatic carbocycles. The molecular weight excluding hydrogens is 1220 g/mol. The highest BCUT2D eigenvalue weighted by Crippen LogP contribution is 2.69. The maximum Gasteiger partial charge on any atom is 0.515 e. The van der Waals surface area contributed by atoms with Crippen LogP contribution in [0.3, 0.4) is 0 Å². The predicted octanol–water partition coefficient (Wildman–Crippen LogP) is 8.28. The summed E-state index contributed by atoms with van der Waals surface area (Å²) in [6, 6.07) is 12.7. The van der Waals surface area contributed by atoms with Crippen LogP contribution in [-0.4, -0.2) is 173 Å². The number of ether oxygens (including phenoxy) is 4. The van der Waals surface area contributed by atoms with E-state index in [-0.39, 0.29) is 82.9 Å². The van der Waals surface area contributed by atoms with Gasteiger partial charge >= 0.3 is 14.1 Å². The second-order valence-corrected chi connectivity index (χ2v) is 26.8. The molecule has 4 fully saturated rings. The number of amides is 1. The Morgan fingerprint density at radius 2 is 1.09 bits per heavy atom. The molecule has 6 aliphatic heterocycles. The van der Waals surface area contributed by atoms with Gasteiger partial charge in [0.05, 0.1) is 32.4 Å². The number of nitrogens with one attached hydrogen (secondary N) is 1. The summed E-state index contributed by atoms with van der Waals surface area (Å²) in [6.45, 7) is 14.8. The summed E-state index contributed by atoms with van der Waals surface area (Å²) >= 11 is 39.5. The SMILES string of the molecule is CC(=O)Cl.CC(=O)Cl.CC[C@]12C=CCN3CC[C@@]4(c5ccc(OC)cc5N(C)[C@H]4[C@](O)(CN)[C@@H]1O)[C@@H]32.CC[C@]12C=CCN3CC[C@@]4(c5ccc(OC)cc5N(C)[C@H]4[C@](O)(CNC(C)=O)[C@@H]1C)[C@@H]32.F.O=C(OC(Cl)(Cl)Cl)OC(Cl)(Cl)Cl.[B]. The van der Waals surface area contributed by atoms with Crippen LogP contribution in [0.1, 0.15) is 78.4 Å². The fourth-order valence-corrected chi connectivity index (χ4v) is 15.9. The average molecular weight is 1300 g/mol. The van der Waals surface area contributed by atoms with Crippen LogP contribution in [0.5, 0.6) is 11.5 Å². The number of halogens is 9. The number of benzene rings is 2. The second-order valence-electron chi connectivity index (χ2n) is 21.4. The van der Waals surface area contributed by atoms with Gasteiger partial charge in [0.2, 0.25) is 16.4 Å². The average Bonchev–Trinajstić information content (AvgIpc) is 4.09. The Morgan fingerprint density at radius 1 is 0.704 bits per heavy atom. The van der Waals surface area contributed by atoms with E-state index in [1.54, 1.807) is 14.2 Å². The number of likely N-dealkylation sites (N-methyl/N-ethyl adjacent to an activating group) is 2. The molecule has 2 aromatic rings. The van der Waals surface area contributed by atoms with Gasteiger partial charge in [0, 0.05) is 127 Å². The zero-order valence-corrected chi connectivity index (χ0v) is 52.8. The number of fused-ring (bicyclic) bond motifs is 2. The van der Waals surface area contributed by atoms with Gasteiger partial charge in [0.25, 0.3) is 0 Å². The second kappa shape index (κ2) is 26.5. The first-order chi connectivity index (χ1) is 36.7. The molecule has 6 N–H and O–H groups in total. The van der Waals surface area contributed by atoms with Gasteiger partial charge in [-0.3, -0.25) is 28.9 Å². The third kappa shape index (κ3) is 12.6. The number of aliphatic hydroxyl groups is 3. The maximum atomic E-state index is 12.5. The topological polar surface area (TPSA) is 217 Å². The minimum absolute atomic E-state index is 0. The van der Waals surface area contributed by atoms with Gasteiger partial charge in [-0.2, -0.15) is 0 Å². The van der Waals surface area contributed by atoms with Crippen molar-refractivity contribution < 1.29 is 58.1 Å². The highest BCUT2D eigenvalue weighted by molar-refractivity contribution is 6.67. The Bertz CT molecular complexity index is 2640. The largest absolute Gasteiger partial charge is 0.515 e. The summed E-state index contributed by atoms with van der Waals surface area (Å²) in [5.74, 6) is 1.52. The number of methoxy groups -OCH3 is 2. The van der Waals surface area contributed by atoms with Crippen molar-refractivity contribution in [1.29, 1.82) is 0 Å². The first-order valence-electron chi connectivity index (χ1n) is 25.8. The lowest BCUT2D eigenvalue weighted by molar-refractivity contribution is -0.194. The number of alkyl halides is 6. The predicted molar refractivity (Wildman–Crippen MR) is 320 cm³/mol. The molecule has 6 heterocycles. The number of carbonyl (C=O) groups is 4. The first kappa shape index (κ1) is 70.8. The molecule has 8 aliphatic rings. The molecule has 451 valence electrons. The van der Waals surface area contributed by atoms with E-state index < -0.39 is 36.8 Å². The molecule has 2 aliphatic carbocycles. The molecule has 27 heteroatoms. The summed E-state index contributed by atoms with van der Waals surface area (Å²) in [5.41, 5.74) is 7.38. The van der Waals surface area contributed by atoms with Crippen molar-refractivity contribution in [3.8, 4) is 11.5 Å². The van der Waals surface area contributed by atoms with Crippen molar-refractivity contribution in [2.75, 3.05) is 77.4 Å². The van der Waals surface area contributed by atoms with Gasteiger partial charge in [0.1, 0.15) is 22.7 Å². The van der Waals surface area contributed by atoms with Crippen LogP contribution >= 0.6 is 92.8 Å². The molecule has 12 atom stereocenters. The standard InChI is InChI=1S/C25H35N3O3.C22H31N3O3.C3Cl6O3.2C2H3ClO.B.FH/c1-6-23-10-7-12-28-13-11-24(21(23)28)19-9-8-18(31-5)14-20(19)27(4)22(24)25(30,16(23)2)15-26-17(3)29;1-4-20-8-5-10-25-11-9-21(17(20)25)15-7-6-14(28-3)12-16(15)24(2)18(21)22(27,13-23)19(20)26;4-2(5,6)11-1(10)12-3(7,8)9;2*1-2(3)4;;/h7-10,14,16,21-22,30H,6,11-13,15H2,1-5H3,(H,26,29);5-8,12,17-19,26-27H,4,9-11,13,23H2,1-3H3;;2*1H3;;1H/t16-,21+,22-,23+,24-,25+;17-,18+,19+,20+,21+,22+;;;;;/m10...../s1. The summed E-state index contributed by atoms with van der Waals surface area (Å²) in [4.78, 5) is 50.4. The fraction of sp³-hybridized carbons (Fsp3) is 0.630. The van der Waals surface area contributed by atoms with Crippen LogP contribution in [0.15, 0.2) is 60.7 Å². The molecule has 0 bridgehead atoms. The number of aliphatic hydroxyl groups excluding tert-OH is 1. The fourth-order valence-electron chi connectivity index (χ4n) is 15.5. The third-order valence-electron chi connectivity index (χ3n) is 17.9. The lowest BCUT2D eigenvalue weighted by Gasteiger charge is -2.65. The molecule has 1 amide bonds. The van der Waals surface area contributed by atoms with E-state index in [0.717, 1.165) is 74.7 Å². The van der Waals surface area contributed by atoms with Crippen LogP contribution in [-0.2, 0) is 34.7 Å². The highest BCUT2D eigenvalue weighted by Gasteiger charge is 2.77. The Balaban J connectivity index is 0.000000259. The molecule has 2 saturated heterocycles. The number of rotatable bonds is 7. The van der Waals surface area contributed by atoms with Gasteiger partial charge in [-0.05, 0) is 161 Å². The Labute approximate surface area is 515 Å². The number of nitrogens with zero attached hydrogens (tertiary/aromatic N) is 4. The Hall–Kier alpha value is -2.73. The lowest BCUT2D eigenvalue weighted by atomic mass is 9.45. The van der Waals surface area contributed by atoms with E-state index in [1.165, 1.54) is 31.9 Å². The molecule has 2 saturated carbocycles. The summed E-state index contributed by atoms with van der Waals surface area (Å²) < 4.78 is 14.5. The zero-order chi connectivity index (χ0) is 59.2. The minimum atomic E-state index is -2.24. The van der Waals surface area contributed by atoms with Gasteiger partial charge in [-0.1, -0.05) is 57.2 Å². The van der Waals surface area contributed by atoms with Crippen LogP contribution in [0, 0.1) is 16.7 Å². The molecule has 3 radical (unpaired) electrons. The van der Waals surface area contributed by atoms with E-state index in [0.29, 0.717) is 6.04 Å². The summed E-state index contributed by atoms with van der Waals surface area (Å²) in [7, 11) is 7.49. The van der Waals surface area contributed by atoms with Crippen molar-refractivity contribution in [2.24, 2.45) is 22.5 Å². The number of hydrogen-bond acceptors (Lipinski definition) is 16. The minimum Gasteiger partial charge on any atom is -0.497 e.